The summed E-state index contributed by atoms with van der Waals surface area (Å²) in [6.07, 6.45) is 1.48. The van der Waals surface area contributed by atoms with Crippen molar-refractivity contribution in [3.05, 3.63) is 76.9 Å². The second-order valence-electron chi connectivity index (χ2n) is 6.39. The minimum Gasteiger partial charge on any atom is -0.272 e. The van der Waals surface area contributed by atoms with E-state index in [1.54, 1.807) is 18.2 Å². The molecule has 0 aliphatic heterocycles. The summed E-state index contributed by atoms with van der Waals surface area (Å²) in [5.41, 5.74) is 6.29. The zero-order valence-electron chi connectivity index (χ0n) is 13.8. The Bertz CT molecular complexity index is 997. The van der Waals surface area contributed by atoms with E-state index in [-0.39, 0.29) is 11.6 Å². The summed E-state index contributed by atoms with van der Waals surface area (Å²) in [4.78, 5) is 29.2. The van der Waals surface area contributed by atoms with Crippen LogP contribution in [0.2, 0.25) is 5.02 Å². The lowest BCUT2D eigenvalue weighted by atomic mass is 9.95. The van der Waals surface area contributed by atoms with E-state index in [1.807, 2.05) is 42.5 Å². The third-order valence-corrected chi connectivity index (χ3v) is 4.95. The van der Waals surface area contributed by atoms with Gasteiger partial charge in [0.1, 0.15) is 5.69 Å². The molecule has 0 spiro atoms. The highest BCUT2D eigenvalue weighted by atomic mass is 35.5. The van der Waals surface area contributed by atoms with Crippen molar-refractivity contribution in [1.82, 2.24) is 15.8 Å². The number of rotatable bonds is 3. The Kier molecular flexibility index (Phi) is 4.09. The molecule has 6 heteroatoms. The Morgan fingerprint density at radius 3 is 2.38 bits per heavy atom. The Labute approximate surface area is 155 Å². The molecule has 1 fully saturated rings. The van der Waals surface area contributed by atoms with Crippen LogP contribution in [-0.4, -0.2) is 16.8 Å². The second-order valence-corrected chi connectivity index (χ2v) is 6.82. The molecular weight excluding hydrogens is 350 g/mol. The number of para-hydroxylation sites is 1. The van der Waals surface area contributed by atoms with Crippen LogP contribution in [0.3, 0.4) is 0 Å². The van der Waals surface area contributed by atoms with Crippen LogP contribution in [0.4, 0.5) is 0 Å². The molecule has 0 radical (unpaired) electrons. The van der Waals surface area contributed by atoms with Crippen LogP contribution < -0.4 is 10.9 Å². The average molecular weight is 366 g/mol. The number of halogens is 1. The van der Waals surface area contributed by atoms with Crippen LogP contribution in [0.15, 0.2) is 60.7 Å². The van der Waals surface area contributed by atoms with Gasteiger partial charge in [0.25, 0.3) is 5.91 Å². The first kappa shape index (κ1) is 16.5. The van der Waals surface area contributed by atoms with Gasteiger partial charge in [-0.2, -0.15) is 0 Å². The van der Waals surface area contributed by atoms with Gasteiger partial charge in [0.15, 0.2) is 0 Å². The molecule has 5 nitrogen and oxygen atoms in total. The predicted molar refractivity (Wildman–Crippen MR) is 99.7 cm³/mol. The molecule has 2 amide bonds. The maximum atomic E-state index is 12.6. The Morgan fingerprint density at radius 2 is 1.65 bits per heavy atom. The molecule has 0 unspecified atom stereocenters. The van der Waals surface area contributed by atoms with Crippen molar-refractivity contribution < 1.29 is 9.59 Å². The lowest BCUT2D eigenvalue weighted by Crippen LogP contribution is -2.46. The molecule has 1 heterocycles. The normalized spacial score (nSPS) is 14.7. The number of benzene rings is 2. The lowest BCUT2D eigenvalue weighted by Gasteiger charge is -2.16. The summed E-state index contributed by atoms with van der Waals surface area (Å²) in [5.74, 6) is -0.676. The highest BCUT2D eigenvalue weighted by Crippen LogP contribution is 2.48. The molecule has 2 aromatic carbocycles. The standard InChI is InChI=1S/C20H16ClN3O2/c21-15-8-6-14(7-9-15)20(11-12-20)19(26)24-23-18(25)17-10-5-13-3-1-2-4-16(13)22-17/h1-10H,11-12H2,(H,23,25)(H,24,26). The fourth-order valence-corrected chi connectivity index (χ4v) is 3.16. The smallest absolute Gasteiger partial charge is 0.272 e. The zero-order chi connectivity index (χ0) is 18.1. The number of hydrazine groups is 1. The van der Waals surface area contributed by atoms with Crippen LogP contribution in [0.25, 0.3) is 10.9 Å². The first-order valence-electron chi connectivity index (χ1n) is 8.31. The van der Waals surface area contributed by atoms with E-state index < -0.39 is 11.3 Å². The summed E-state index contributed by atoms with van der Waals surface area (Å²) < 4.78 is 0. The number of pyridine rings is 1. The van der Waals surface area contributed by atoms with E-state index in [2.05, 4.69) is 15.8 Å². The van der Waals surface area contributed by atoms with Gasteiger partial charge in [-0.25, -0.2) is 4.98 Å². The minimum atomic E-state index is -0.589. The number of nitrogens with one attached hydrogen (secondary N) is 2. The first-order valence-corrected chi connectivity index (χ1v) is 8.69. The molecule has 4 rings (SSSR count). The van der Waals surface area contributed by atoms with Crippen molar-refractivity contribution >= 4 is 34.3 Å². The second kappa shape index (κ2) is 6.42. The topological polar surface area (TPSA) is 71.1 Å². The molecule has 0 bridgehead atoms. The Balaban J connectivity index is 1.45. The van der Waals surface area contributed by atoms with E-state index in [9.17, 15) is 9.59 Å². The number of carbonyl (C=O) groups excluding carboxylic acids is 2. The van der Waals surface area contributed by atoms with Crippen LogP contribution in [0.5, 0.6) is 0 Å². The van der Waals surface area contributed by atoms with E-state index >= 15 is 0 Å². The highest BCUT2D eigenvalue weighted by Gasteiger charge is 2.51. The largest absolute Gasteiger partial charge is 0.288 e. The molecule has 1 saturated carbocycles. The maximum absolute atomic E-state index is 12.6. The molecule has 130 valence electrons. The molecule has 0 atom stereocenters. The maximum Gasteiger partial charge on any atom is 0.288 e. The molecule has 1 aromatic heterocycles. The van der Waals surface area contributed by atoms with Crippen molar-refractivity contribution in [1.29, 1.82) is 0 Å². The summed E-state index contributed by atoms with van der Waals surface area (Å²) in [6, 6.07) is 18.2. The lowest BCUT2D eigenvalue weighted by molar-refractivity contribution is -0.124. The van der Waals surface area contributed by atoms with Gasteiger partial charge in [-0.1, -0.05) is 48.0 Å². The van der Waals surface area contributed by atoms with E-state index in [1.165, 1.54) is 0 Å². The van der Waals surface area contributed by atoms with E-state index in [0.717, 1.165) is 29.3 Å². The van der Waals surface area contributed by atoms with Gasteiger partial charge in [0.05, 0.1) is 10.9 Å². The number of hydrogen-bond donors (Lipinski definition) is 2. The summed E-state index contributed by atoms with van der Waals surface area (Å²) >= 11 is 5.91. The van der Waals surface area contributed by atoms with Gasteiger partial charge in [0.2, 0.25) is 5.91 Å². The molecule has 1 aliphatic rings. The van der Waals surface area contributed by atoms with Crippen molar-refractivity contribution in [3.8, 4) is 0 Å². The molecule has 0 saturated heterocycles. The first-order chi connectivity index (χ1) is 12.6. The van der Waals surface area contributed by atoms with Gasteiger partial charge < -0.3 is 0 Å². The monoisotopic (exact) mass is 365 g/mol. The van der Waals surface area contributed by atoms with Crippen molar-refractivity contribution in [3.63, 3.8) is 0 Å². The van der Waals surface area contributed by atoms with Crippen LogP contribution in [-0.2, 0) is 10.2 Å². The SMILES string of the molecule is O=C(NNC(=O)C1(c2ccc(Cl)cc2)CC1)c1ccc2ccccc2n1. The third-order valence-electron chi connectivity index (χ3n) is 4.70. The van der Waals surface area contributed by atoms with Crippen LogP contribution >= 0.6 is 11.6 Å². The minimum absolute atomic E-state index is 0.228. The molecule has 3 aromatic rings. The van der Waals surface area contributed by atoms with Gasteiger partial charge in [-0.15, -0.1) is 0 Å². The quantitative estimate of drug-likeness (QED) is 0.699. The van der Waals surface area contributed by atoms with Crippen LogP contribution in [0, 0.1) is 0 Å². The van der Waals surface area contributed by atoms with Crippen LogP contribution in [0.1, 0.15) is 28.9 Å². The number of amides is 2. The Morgan fingerprint density at radius 1 is 0.923 bits per heavy atom. The third kappa shape index (κ3) is 3.02. The molecule has 26 heavy (non-hydrogen) atoms. The van der Waals surface area contributed by atoms with Crippen molar-refractivity contribution in [2.24, 2.45) is 0 Å². The van der Waals surface area contributed by atoms with E-state index in [4.69, 9.17) is 11.6 Å². The van der Waals surface area contributed by atoms with Crippen molar-refractivity contribution in [2.75, 3.05) is 0 Å². The molecule has 1 aliphatic carbocycles. The number of nitrogens with zero attached hydrogens (tertiary/aromatic N) is 1. The van der Waals surface area contributed by atoms with Crippen molar-refractivity contribution in [2.45, 2.75) is 18.3 Å². The van der Waals surface area contributed by atoms with Gasteiger partial charge in [-0.05, 0) is 42.7 Å². The van der Waals surface area contributed by atoms with Gasteiger partial charge in [-0.3, -0.25) is 20.4 Å². The fraction of sp³-hybridized carbons (Fsp3) is 0.150. The Hall–Kier alpha value is -2.92. The summed E-state index contributed by atoms with van der Waals surface area (Å²) in [5, 5.41) is 1.58. The summed E-state index contributed by atoms with van der Waals surface area (Å²) in [7, 11) is 0. The number of hydrogen-bond acceptors (Lipinski definition) is 3. The zero-order valence-corrected chi connectivity index (χ0v) is 14.6. The van der Waals surface area contributed by atoms with Gasteiger partial charge >= 0.3 is 0 Å². The predicted octanol–water partition coefficient (Wildman–Crippen LogP) is 3.38. The fourth-order valence-electron chi connectivity index (χ4n) is 3.03. The number of carbonyl (C=O) groups is 2. The average Bonchev–Trinajstić information content (AvgIpc) is 3.48. The highest BCUT2D eigenvalue weighted by molar-refractivity contribution is 6.30. The summed E-state index contributed by atoms with van der Waals surface area (Å²) in [6.45, 7) is 0. The van der Waals surface area contributed by atoms with Gasteiger partial charge in [0, 0.05) is 10.4 Å². The molecular formula is C20H16ClN3O2. The number of aromatic nitrogens is 1. The molecule has 2 N–H and O–H groups in total. The van der Waals surface area contributed by atoms with E-state index in [0.29, 0.717) is 5.02 Å². The number of fused-ring (bicyclic) bond motifs is 1.